The molecule has 2 saturated heterocycles. The Morgan fingerprint density at radius 2 is 1.80 bits per heavy atom. The maximum absolute atomic E-state index is 9.55. The van der Waals surface area contributed by atoms with Crippen molar-refractivity contribution in [3.8, 4) is 0 Å². The van der Waals surface area contributed by atoms with Crippen molar-refractivity contribution >= 4 is 5.82 Å². The summed E-state index contributed by atoms with van der Waals surface area (Å²) in [5.74, 6) is 1.93. The van der Waals surface area contributed by atoms with E-state index in [0.29, 0.717) is 0 Å². The van der Waals surface area contributed by atoms with Crippen LogP contribution in [0.2, 0.25) is 0 Å². The van der Waals surface area contributed by atoms with E-state index >= 15 is 0 Å². The molecule has 3 rings (SSSR count). The summed E-state index contributed by atoms with van der Waals surface area (Å²) in [6.07, 6.45) is 6.24. The Bertz CT molecular complexity index is 395. The van der Waals surface area contributed by atoms with E-state index in [1.54, 1.807) is 0 Å². The minimum atomic E-state index is -0.0581. The fraction of sp³-hybridized carbons (Fsp3) is 0.688. The molecule has 4 heteroatoms. The Labute approximate surface area is 121 Å². The molecule has 0 spiro atoms. The van der Waals surface area contributed by atoms with E-state index in [4.69, 9.17) is 0 Å². The predicted molar refractivity (Wildman–Crippen MR) is 80.9 cm³/mol. The van der Waals surface area contributed by atoms with E-state index in [2.05, 4.69) is 26.9 Å². The molecular weight excluding hydrogens is 250 g/mol. The summed E-state index contributed by atoms with van der Waals surface area (Å²) in [5.41, 5.74) is 0. The van der Waals surface area contributed by atoms with E-state index < -0.39 is 0 Å². The third kappa shape index (κ3) is 3.49. The number of hydrogen-bond acceptors (Lipinski definition) is 4. The third-order valence-corrected chi connectivity index (χ3v) is 4.66. The van der Waals surface area contributed by atoms with Gasteiger partial charge in [0.25, 0.3) is 0 Å². The molecule has 2 aliphatic heterocycles. The Hall–Kier alpha value is -1.13. The summed E-state index contributed by atoms with van der Waals surface area (Å²) >= 11 is 0. The second kappa shape index (κ2) is 6.55. The van der Waals surface area contributed by atoms with E-state index in [0.717, 1.165) is 50.8 Å². The number of piperidine rings is 2. The average molecular weight is 275 g/mol. The molecule has 0 unspecified atom stereocenters. The monoisotopic (exact) mass is 275 g/mol. The topological polar surface area (TPSA) is 39.6 Å². The Balaban J connectivity index is 1.44. The number of anilines is 1. The summed E-state index contributed by atoms with van der Waals surface area (Å²) in [5, 5.41) is 9.55. The van der Waals surface area contributed by atoms with Crippen LogP contribution >= 0.6 is 0 Å². The van der Waals surface area contributed by atoms with Gasteiger partial charge in [0.1, 0.15) is 5.82 Å². The maximum Gasteiger partial charge on any atom is 0.128 e. The quantitative estimate of drug-likeness (QED) is 0.912. The van der Waals surface area contributed by atoms with E-state index in [-0.39, 0.29) is 6.10 Å². The zero-order chi connectivity index (χ0) is 13.8. The second-order valence-electron chi connectivity index (χ2n) is 6.15. The highest BCUT2D eigenvalue weighted by Crippen LogP contribution is 2.23. The van der Waals surface area contributed by atoms with Crippen molar-refractivity contribution in [2.75, 3.05) is 37.6 Å². The smallest absolute Gasteiger partial charge is 0.128 e. The largest absolute Gasteiger partial charge is 0.393 e. The van der Waals surface area contributed by atoms with Gasteiger partial charge >= 0.3 is 0 Å². The Kier molecular flexibility index (Phi) is 4.53. The van der Waals surface area contributed by atoms with Crippen LogP contribution in [-0.4, -0.2) is 53.8 Å². The molecule has 0 bridgehead atoms. The van der Waals surface area contributed by atoms with Gasteiger partial charge < -0.3 is 14.9 Å². The first-order valence-electron chi connectivity index (χ1n) is 7.87. The molecule has 20 heavy (non-hydrogen) atoms. The fourth-order valence-corrected chi connectivity index (χ4v) is 3.35. The van der Waals surface area contributed by atoms with E-state index in [9.17, 15) is 5.11 Å². The SMILES string of the molecule is OC1CCN(CC2CCN(c3ccccn3)CC2)CC1. The zero-order valence-electron chi connectivity index (χ0n) is 12.1. The Morgan fingerprint density at radius 3 is 2.45 bits per heavy atom. The highest BCUT2D eigenvalue weighted by atomic mass is 16.3. The number of pyridine rings is 1. The van der Waals surface area contributed by atoms with Crippen molar-refractivity contribution in [2.45, 2.75) is 31.8 Å². The van der Waals surface area contributed by atoms with Gasteiger partial charge in [-0.3, -0.25) is 0 Å². The molecule has 0 atom stereocenters. The van der Waals surface area contributed by atoms with E-state index in [1.165, 1.54) is 19.4 Å². The standard InChI is InChI=1S/C16H25N3O/c20-15-6-9-18(10-7-15)13-14-4-11-19(12-5-14)16-3-1-2-8-17-16/h1-3,8,14-15,20H,4-7,9-13H2. The average Bonchev–Trinajstić information content (AvgIpc) is 2.51. The van der Waals surface area contributed by atoms with Gasteiger partial charge in [-0.25, -0.2) is 4.98 Å². The molecule has 2 fully saturated rings. The van der Waals surface area contributed by atoms with Crippen LogP contribution in [0.5, 0.6) is 0 Å². The molecular formula is C16H25N3O. The van der Waals surface area contributed by atoms with Gasteiger partial charge in [-0.2, -0.15) is 0 Å². The van der Waals surface area contributed by atoms with Gasteiger partial charge in [-0.05, 0) is 43.7 Å². The maximum atomic E-state index is 9.55. The van der Waals surface area contributed by atoms with Gasteiger partial charge in [0, 0.05) is 38.9 Å². The second-order valence-corrected chi connectivity index (χ2v) is 6.15. The zero-order valence-corrected chi connectivity index (χ0v) is 12.1. The summed E-state index contributed by atoms with van der Waals surface area (Å²) < 4.78 is 0. The van der Waals surface area contributed by atoms with E-state index in [1.807, 2.05) is 12.3 Å². The van der Waals surface area contributed by atoms with Crippen LogP contribution in [0.4, 0.5) is 5.82 Å². The molecule has 0 amide bonds. The van der Waals surface area contributed by atoms with Crippen molar-refractivity contribution < 1.29 is 5.11 Å². The Morgan fingerprint density at radius 1 is 1.05 bits per heavy atom. The van der Waals surface area contributed by atoms with Crippen LogP contribution in [0.3, 0.4) is 0 Å². The lowest BCUT2D eigenvalue weighted by Gasteiger charge is -2.37. The van der Waals surface area contributed by atoms with Crippen molar-refractivity contribution in [3.05, 3.63) is 24.4 Å². The normalized spacial score (nSPS) is 23.1. The minimum absolute atomic E-state index is 0.0581. The molecule has 0 saturated carbocycles. The first kappa shape index (κ1) is 13.8. The van der Waals surface area contributed by atoms with Crippen molar-refractivity contribution in [2.24, 2.45) is 5.92 Å². The lowest BCUT2D eigenvalue weighted by Crippen LogP contribution is -2.42. The van der Waals surface area contributed by atoms with Crippen molar-refractivity contribution in [1.29, 1.82) is 0 Å². The number of hydrogen-bond donors (Lipinski definition) is 1. The summed E-state index contributed by atoms with van der Waals surface area (Å²) in [7, 11) is 0. The molecule has 4 nitrogen and oxygen atoms in total. The molecule has 1 aromatic heterocycles. The highest BCUT2D eigenvalue weighted by molar-refractivity contribution is 5.37. The molecule has 0 radical (unpaired) electrons. The number of aromatic nitrogens is 1. The first-order chi connectivity index (χ1) is 9.81. The molecule has 1 aromatic rings. The van der Waals surface area contributed by atoms with Gasteiger partial charge in [0.2, 0.25) is 0 Å². The number of aliphatic hydroxyl groups is 1. The molecule has 3 heterocycles. The van der Waals surface area contributed by atoms with Crippen LogP contribution in [0.15, 0.2) is 24.4 Å². The van der Waals surface area contributed by atoms with Crippen molar-refractivity contribution in [1.82, 2.24) is 9.88 Å². The predicted octanol–water partition coefficient (Wildman–Crippen LogP) is 1.75. The summed E-state index contributed by atoms with van der Waals surface area (Å²) in [6, 6.07) is 6.14. The first-order valence-corrected chi connectivity index (χ1v) is 7.87. The van der Waals surface area contributed by atoms with Gasteiger partial charge in [0.05, 0.1) is 6.10 Å². The molecule has 0 aromatic carbocycles. The third-order valence-electron chi connectivity index (χ3n) is 4.66. The molecule has 1 N–H and O–H groups in total. The summed E-state index contributed by atoms with van der Waals surface area (Å²) in [6.45, 7) is 5.60. The lowest BCUT2D eigenvalue weighted by molar-refractivity contribution is 0.0724. The van der Waals surface area contributed by atoms with Gasteiger partial charge in [-0.15, -0.1) is 0 Å². The number of rotatable bonds is 3. The van der Waals surface area contributed by atoms with Crippen LogP contribution < -0.4 is 4.90 Å². The minimum Gasteiger partial charge on any atom is -0.393 e. The number of likely N-dealkylation sites (tertiary alicyclic amines) is 1. The molecule has 0 aliphatic carbocycles. The molecule has 110 valence electrons. The number of aliphatic hydroxyl groups excluding tert-OH is 1. The van der Waals surface area contributed by atoms with Crippen LogP contribution in [0, 0.1) is 5.92 Å². The number of nitrogens with zero attached hydrogens (tertiary/aromatic N) is 3. The highest BCUT2D eigenvalue weighted by Gasteiger charge is 2.24. The summed E-state index contributed by atoms with van der Waals surface area (Å²) in [4.78, 5) is 9.37. The van der Waals surface area contributed by atoms with Crippen LogP contribution in [-0.2, 0) is 0 Å². The van der Waals surface area contributed by atoms with Crippen molar-refractivity contribution in [3.63, 3.8) is 0 Å². The van der Waals surface area contributed by atoms with Crippen LogP contribution in [0.1, 0.15) is 25.7 Å². The molecule has 2 aliphatic rings. The van der Waals surface area contributed by atoms with Gasteiger partial charge in [0.15, 0.2) is 0 Å². The lowest BCUT2D eigenvalue weighted by atomic mass is 9.95. The van der Waals surface area contributed by atoms with Crippen LogP contribution in [0.25, 0.3) is 0 Å². The fourth-order valence-electron chi connectivity index (χ4n) is 3.35. The van der Waals surface area contributed by atoms with Gasteiger partial charge in [-0.1, -0.05) is 6.07 Å².